The van der Waals surface area contributed by atoms with Gasteiger partial charge in [0.05, 0.1) is 0 Å². The molecule has 0 spiro atoms. The molecule has 0 unspecified atom stereocenters. The number of nitrogens with zero attached hydrogens (tertiary/aromatic N) is 2. The monoisotopic (exact) mass is 153 g/mol. The Bertz CT molecular complexity index is 247. The molecule has 1 rings (SSSR count). The van der Waals surface area contributed by atoms with Gasteiger partial charge in [-0.15, -0.1) is 0 Å². The number of nitrogens with one attached hydrogen (secondary N) is 1. The predicted molar refractivity (Wildman–Crippen MR) is 43.9 cm³/mol. The summed E-state index contributed by atoms with van der Waals surface area (Å²) >= 11 is 0. The zero-order valence-electron chi connectivity index (χ0n) is 6.33. The summed E-state index contributed by atoms with van der Waals surface area (Å²) in [7, 11) is 1.73. The van der Waals surface area contributed by atoms with Gasteiger partial charge >= 0.3 is 0 Å². The number of nitrogen functional groups attached to an aromatic ring is 1. The quantitative estimate of drug-likeness (QED) is 0.536. The van der Waals surface area contributed by atoms with E-state index in [-0.39, 0.29) is 0 Å². The van der Waals surface area contributed by atoms with Crippen molar-refractivity contribution in [2.45, 2.75) is 6.54 Å². The first kappa shape index (κ1) is 7.74. The smallest absolute Gasteiger partial charge is 0.224 e. The third-order valence-corrected chi connectivity index (χ3v) is 1.34. The Morgan fingerprint density at radius 2 is 2.36 bits per heavy atom. The molecule has 0 aliphatic carbocycles. The van der Waals surface area contributed by atoms with Gasteiger partial charge in [-0.2, -0.15) is 4.98 Å². The highest BCUT2D eigenvalue weighted by Crippen LogP contribution is 2.07. The van der Waals surface area contributed by atoms with Gasteiger partial charge in [-0.3, -0.25) is 0 Å². The van der Waals surface area contributed by atoms with E-state index >= 15 is 0 Å². The summed E-state index contributed by atoms with van der Waals surface area (Å²) in [5.41, 5.74) is 11.7. The molecule has 1 heterocycles. The fourth-order valence-electron chi connectivity index (χ4n) is 0.698. The Kier molecular flexibility index (Phi) is 2.22. The van der Waals surface area contributed by atoms with Crippen LogP contribution >= 0.6 is 0 Å². The lowest BCUT2D eigenvalue weighted by molar-refractivity contribution is 1.02. The van der Waals surface area contributed by atoms with Crippen molar-refractivity contribution in [3.63, 3.8) is 0 Å². The maximum absolute atomic E-state index is 5.54. The largest absolute Gasteiger partial charge is 0.383 e. The molecule has 0 atom stereocenters. The summed E-state index contributed by atoms with van der Waals surface area (Å²) in [5, 5.41) is 2.78. The third-order valence-electron chi connectivity index (χ3n) is 1.34. The summed E-state index contributed by atoms with van der Waals surface area (Å²) < 4.78 is 0. The van der Waals surface area contributed by atoms with Crippen molar-refractivity contribution in [3.05, 3.63) is 11.8 Å². The lowest BCUT2D eigenvalue weighted by atomic mass is 10.3. The summed E-state index contributed by atoms with van der Waals surface area (Å²) in [5.74, 6) is 0.951. The van der Waals surface area contributed by atoms with Crippen LogP contribution in [0, 0.1) is 0 Å². The standard InChI is InChI=1S/C6H11N5/c1-9-6-10-3-4(2-7)5(8)11-6/h3H,2,7H2,1H3,(H3,8,9,10,11). The minimum atomic E-state index is 0.371. The summed E-state index contributed by atoms with van der Waals surface area (Å²) in [4.78, 5) is 7.88. The highest BCUT2D eigenvalue weighted by atomic mass is 15.1. The number of aromatic nitrogens is 2. The van der Waals surface area contributed by atoms with Crippen LogP contribution in [0.15, 0.2) is 6.20 Å². The predicted octanol–water partition coefficient (Wildman–Crippen LogP) is -0.441. The molecule has 0 fully saturated rings. The zero-order chi connectivity index (χ0) is 8.27. The molecule has 60 valence electrons. The SMILES string of the molecule is CNc1ncc(CN)c(N)n1. The second kappa shape index (κ2) is 3.16. The molecular weight excluding hydrogens is 142 g/mol. The van der Waals surface area contributed by atoms with E-state index in [1.54, 1.807) is 13.2 Å². The highest BCUT2D eigenvalue weighted by Gasteiger charge is 1.99. The van der Waals surface area contributed by atoms with Crippen molar-refractivity contribution in [2.24, 2.45) is 5.73 Å². The van der Waals surface area contributed by atoms with Gasteiger partial charge in [-0.05, 0) is 0 Å². The van der Waals surface area contributed by atoms with E-state index < -0.39 is 0 Å². The molecule has 1 aromatic rings. The van der Waals surface area contributed by atoms with E-state index in [1.165, 1.54) is 0 Å². The average Bonchev–Trinajstić information content (AvgIpc) is 2.04. The number of hydrogen-bond acceptors (Lipinski definition) is 5. The number of anilines is 2. The molecule has 0 saturated heterocycles. The Hall–Kier alpha value is -1.36. The van der Waals surface area contributed by atoms with Crippen molar-refractivity contribution < 1.29 is 0 Å². The van der Waals surface area contributed by atoms with Gasteiger partial charge in [0.2, 0.25) is 5.95 Å². The lowest BCUT2D eigenvalue weighted by Crippen LogP contribution is -2.06. The first-order valence-corrected chi connectivity index (χ1v) is 3.27. The minimum absolute atomic E-state index is 0.371. The summed E-state index contributed by atoms with van der Waals surface area (Å²) in [6, 6.07) is 0. The van der Waals surface area contributed by atoms with Crippen molar-refractivity contribution in [1.82, 2.24) is 9.97 Å². The molecule has 0 amide bonds. The first-order valence-electron chi connectivity index (χ1n) is 3.27. The van der Waals surface area contributed by atoms with Gasteiger partial charge in [0.25, 0.3) is 0 Å². The normalized spacial score (nSPS) is 9.64. The molecule has 0 saturated carbocycles. The van der Waals surface area contributed by atoms with Gasteiger partial charge < -0.3 is 16.8 Å². The summed E-state index contributed by atoms with van der Waals surface area (Å²) in [6.07, 6.45) is 1.62. The third kappa shape index (κ3) is 1.56. The van der Waals surface area contributed by atoms with Gasteiger partial charge in [0.15, 0.2) is 0 Å². The van der Waals surface area contributed by atoms with Crippen LogP contribution in [0.3, 0.4) is 0 Å². The van der Waals surface area contributed by atoms with Crippen LogP contribution < -0.4 is 16.8 Å². The Balaban J connectivity index is 2.99. The Morgan fingerprint density at radius 3 is 2.82 bits per heavy atom. The molecule has 1 aromatic heterocycles. The molecule has 11 heavy (non-hydrogen) atoms. The first-order chi connectivity index (χ1) is 5.27. The molecule has 0 aliphatic rings. The zero-order valence-corrected chi connectivity index (χ0v) is 6.33. The van der Waals surface area contributed by atoms with Crippen LogP contribution in [0.25, 0.3) is 0 Å². The molecule has 0 bridgehead atoms. The van der Waals surface area contributed by atoms with Gasteiger partial charge in [-0.1, -0.05) is 0 Å². The van der Waals surface area contributed by atoms with E-state index in [0.717, 1.165) is 5.56 Å². The van der Waals surface area contributed by atoms with Gasteiger partial charge in [-0.25, -0.2) is 4.98 Å². The van der Waals surface area contributed by atoms with E-state index in [4.69, 9.17) is 11.5 Å². The lowest BCUT2D eigenvalue weighted by Gasteiger charge is -2.02. The Morgan fingerprint density at radius 1 is 1.64 bits per heavy atom. The molecule has 5 nitrogen and oxygen atoms in total. The van der Waals surface area contributed by atoms with E-state index in [2.05, 4.69) is 15.3 Å². The molecule has 5 N–H and O–H groups in total. The topological polar surface area (TPSA) is 89.8 Å². The van der Waals surface area contributed by atoms with Crippen molar-refractivity contribution in [3.8, 4) is 0 Å². The van der Waals surface area contributed by atoms with Crippen LogP contribution in [0.1, 0.15) is 5.56 Å². The van der Waals surface area contributed by atoms with Crippen molar-refractivity contribution in [2.75, 3.05) is 18.1 Å². The fourth-order valence-corrected chi connectivity index (χ4v) is 0.698. The molecule has 5 heteroatoms. The molecule has 0 radical (unpaired) electrons. The average molecular weight is 153 g/mol. The van der Waals surface area contributed by atoms with Gasteiger partial charge in [0, 0.05) is 25.4 Å². The van der Waals surface area contributed by atoms with E-state index in [0.29, 0.717) is 18.3 Å². The van der Waals surface area contributed by atoms with Crippen molar-refractivity contribution >= 4 is 11.8 Å². The van der Waals surface area contributed by atoms with Gasteiger partial charge in [0.1, 0.15) is 5.82 Å². The second-order valence-electron chi connectivity index (χ2n) is 2.06. The molecule has 0 aliphatic heterocycles. The van der Waals surface area contributed by atoms with Crippen molar-refractivity contribution in [1.29, 1.82) is 0 Å². The second-order valence-corrected chi connectivity index (χ2v) is 2.06. The Labute approximate surface area is 64.8 Å². The van der Waals surface area contributed by atoms with Crippen LogP contribution in [0.5, 0.6) is 0 Å². The minimum Gasteiger partial charge on any atom is -0.383 e. The number of nitrogens with two attached hydrogens (primary N) is 2. The molecular formula is C6H11N5. The van der Waals surface area contributed by atoms with E-state index in [9.17, 15) is 0 Å². The highest BCUT2D eigenvalue weighted by molar-refractivity contribution is 5.42. The van der Waals surface area contributed by atoms with Crippen LogP contribution in [-0.2, 0) is 6.54 Å². The van der Waals surface area contributed by atoms with Crippen LogP contribution in [0.2, 0.25) is 0 Å². The molecule has 0 aromatic carbocycles. The number of hydrogen-bond donors (Lipinski definition) is 3. The van der Waals surface area contributed by atoms with Crippen LogP contribution in [0.4, 0.5) is 11.8 Å². The summed E-state index contributed by atoms with van der Waals surface area (Å²) in [6.45, 7) is 0.371. The maximum atomic E-state index is 5.54. The maximum Gasteiger partial charge on any atom is 0.224 e. The fraction of sp³-hybridized carbons (Fsp3) is 0.333. The number of rotatable bonds is 2. The van der Waals surface area contributed by atoms with Crippen LogP contribution in [-0.4, -0.2) is 17.0 Å². The van der Waals surface area contributed by atoms with E-state index in [1.807, 2.05) is 0 Å².